The van der Waals surface area contributed by atoms with Gasteiger partial charge in [0.15, 0.2) is 0 Å². The Bertz CT molecular complexity index is 579. The Labute approximate surface area is 107 Å². The lowest BCUT2D eigenvalue weighted by Crippen LogP contribution is -1.99. The van der Waals surface area contributed by atoms with Crippen LogP contribution < -0.4 is 0 Å². The summed E-state index contributed by atoms with van der Waals surface area (Å²) in [4.78, 5) is 30.8. The van der Waals surface area contributed by atoms with Gasteiger partial charge in [0.25, 0.3) is 0 Å². The van der Waals surface area contributed by atoms with Crippen LogP contribution in [-0.4, -0.2) is 22.9 Å². The van der Waals surface area contributed by atoms with E-state index in [0.717, 1.165) is 18.2 Å². The molecule has 0 radical (unpaired) electrons. The van der Waals surface area contributed by atoms with E-state index in [1.807, 2.05) is 0 Å². The molecule has 0 aliphatic heterocycles. The number of methoxy groups -OCH3 is 1. The van der Waals surface area contributed by atoms with Gasteiger partial charge in [0.1, 0.15) is 0 Å². The van der Waals surface area contributed by atoms with Crippen molar-refractivity contribution in [3.8, 4) is 0 Å². The summed E-state index contributed by atoms with van der Waals surface area (Å²) in [5, 5.41) is 21.5. The van der Waals surface area contributed by atoms with Gasteiger partial charge in [0.05, 0.1) is 17.0 Å². The highest BCUT2D eigenvalue weighted by Gasteiger charge is 2.25. The van der Waals surface area contributed by atoms with Gasteiger partial charge in [-0.05, 0) is 24.1 Å². The largest absolute Gasteiger partial charge is 0.466 e. The number of carbonyl (C=O) groups excluding carboxylic acids is 1. The third-order valence-corrected chi connectivity index (χ3v) is 2.36. The number of carbonyl (C=O) groups is 1. The lowest BCUT2D eigenvalue weighted by atomic mass is 10.1. The summed E-state index contributed by atoms with van der Waals surface area (Å²) in [5.74, 6) is -0.625. The van der Waals surface area contributed by atoms with Crippen molar-refractivity contribution in [2.24, 2.45) is 0 Å². The lowest BCUT2D eigenvalue weighted by Gasteiger charge is -2.01. The predicted octanol–water partition coefficient (Wildman–Crippen LogP) is 2.00. The van der Waals surface area contributed by atoms with Gasteiger partial charge < -0.3 is 4.74 Å². The Morgan fingerprint density at radius 2 is 1.74 bits per heavy atom. The van der Waals surface area contributed by atoms with Gasteiger partial charge in [-0.25, -0.2) is 4.79 Å². The highest BCUT2D eigenvalue weighted by atomic mass is 16.6. The Morgan fingerprint density at radius 3 is 2.21 bits per heavy atom. The molecule has 0 saturated heterocycles. The average Bonchev–Trinajstić information content (AvgIpc) is 2.35. The van der Waals surface area contributed by atoms with Crippen LogP contribution in [-0.2, 0) is 9.53 Å². The Morgan fingerprint density at radius 1 is 1.21 bits per heavy atom. The van der Waals surface area contributed by atoms with Gasteiger partial charge in [-0.2, -0.15) is 0 Å². The Kier molecular flexibility index (Phi) is 4.30. The number of nitro benzene ring substituents is 2. The summed E-state index contributed by atoms with van der Waals surface area (Å²) in [6.07, 6.45) is 2.38. The molecule has 0 saturated carbocycles. The number of hydrogen-bond acceptors (Lipinski definition) is 6. The smallest absolute Gasteiger partial charge is 0.346 e. The molecule has 100 valence electrons. The van der Waals surface area contributed by atoms with Crippen LogP contribution in [0.5, 0.6) is 0 Å². The van der Waals surface area contributed by atoms with Crippen LogP contribution >= 0.6 is 0 Å². The van der Waals surface area contributed by atoms with E-state index in [1.54, 1.807) is 6.92 Å². The molecule has 0 unspecified atom stereocenters. The number of ether oxygens (including phenoxy) is 1. The molecule has 8 nitrogen and oxygen atoms in total. The van der Waals surface area contributed by atoms with Crippen LogP contribution in [0.15, 0.2) is 18.2 Å². The van der Waals surface area contributed by atoms with Gasteiger partial charge in [-0.1, -0.05) is 0 Å². The number of nitrogens with zero attached hydrogens (tertiary/aromatic N) is 2. The van der Waals surface area contributed by atoms with Crippen LogP contribution in [0.3, 0.4) is 0 Å². The molecule has 0 N–H and O–H groups in total. The number of rotatable bonds is 4. The van der Waals surface area contributed by atoms with E-state index in [9.17, 15) is 25.0 Å². The second-order valence-electron chi connectivity index (χ2n) is 3.57. The highest BCUT2D eigenvalue weighted by Crippen LogP contribution is 2.30. The van der Waals surface area contributed by atoms with Crippen molar-refractivity contribution < 1.29 is 19.4 Å². The summed E-state index contributed by atoms with van der Waals surface area (Å²) in [6, 6.07) is 2.14. The molecule has 1 aromatic carbocycles. The van der Waals surface area contributed by atoms with Crippen molar-refractivity contribution in [3.63, 3.8) is 0 Å². The summed E-state index contributed by atoms with van der Waals surface area (Å²) < 4.78 is 4.38. The van der Waals surface area contributed by atoms with Crippen molar-refractivity contribution in [1.82, 2.24) is 0 Å². The Balaban J connectivity index is 3.33. The number of nitro groups is 2. The predicted molar refractivity (Wildman–Crippen MR) is 65.5 cm³/mol. The molecule has 1 aromatic rings. The van der Waals surface area contributed by atoms with Gasteiger partial charge in [-0.3, -0.25) is 20.2 Å². The molecule has 0 aliphatic carbocycles. The quantitative estimate of drug-likeness (QED) is 0.356. The SMILES string of the molecule is COC(=O)/C=C/c1cc([N+](=O)[O-])c([N+](=O)[O-])cc1C. The fourth-order valence-corrected chi connectivity index (χ4v) is 1.40. The second-order valence-corrected chi connectivity index (χ2v) is 3.57. The summed E-state index contributed by atoms with van der Waals surface area (Å²) >= 11 is 0. The average molecular weight is 266 g/mol. The molecule has 0 aromatic heterocycles. The van der Waals surface area contributed by atoms with E-state index in [0.29, 0.717) is 11.1 Å². The van der Waals surface area contributed by atoms with Gasteiger partial charge in [0.2, 0.25) is 0 Å². The molecule has 0 aliphatic rings. The minimum atomic E-state index is -0.840. The first kappa shape index (κ1) is 14.3. The number of aryl methyl sites for hydroxylation is 1. The third-order valence-electron chi connectivity index (χ3n) is 2.36. The zero-order valence-electron chi connectivity index (χ0n) is 10.2. The molecule has 0 heterocycles. The minimum Gasteiger partial charge on any atom is -0.466 e. The zero-order chi connectivity index (χ0) is 14.6. The summed E-state index contributed by atoms with van der Waals surface area (Å²) in [5.41, 5.74) is -0.432. The van der Waals surface area contributed by atoms with E-state index >= 15 is 0 Å². The van der Waals surface area contributed by atoms with Crippen molar-refractivity contribution >= 4 is 23.4 Å². The molecule has 0 spiro atoms. The van der Waals surface area contributed by atoms with Crippen molar-refractivity contribution in [2.45, 2.75) is 6.92 Å². The van der Waals surface area contributed by atoms with Gasteiger partial charge >= 0.3 is 17.3 Å². The van der Waals surface area contributed by atoms with Crippen molar-refractivity contribution in [2.75, 3.05) is 7.11 Å². The first-order valence-corrected chi connectivity index (χ1v) is 5.06. The fourth-order valence-electron chi connectivity index (χ4n) is 1.40. The van der Waals surface area contributed by atoms with Crippen LogP contribution in [0.4, 0.5) is 11.4 Å². The maximum absolute atomic E-state index is 10.9. The molecular formula is C11H10N2O6. The normalized spacial score (nSPS) is 10.4. The first-order valence-electron chi connectivity index (χ1n) is 5.06. The van der Waals surface area contributed by atoms with E-state index in [1.165, 1.54) is 13.2 Å². The first-order chi connectivity index (χ1) is 8.86. The van der Waals surface area contributed by atoms with E-state index < -0.39 is 27.2 Å². The van der Waals surface area contributed by atoms with Gasteiger partial charge in [-0.15, -0.1) is 0 Å². The molecule has 19 heavy (non-hydrogen) atoms. The maximum atomic E-state index is 10.9. The molecule has 0 atom stereocenters. The molecule has 0 fully saturated rings. The fraction of sp³-hybridized carbons (Fsp3) is 0.182. The second kappa shape index (κ2) is 5.71. The lowest BCUT2D eigenvalue weighted by molar-refractivity contribution is -0.422. The minimum absolute atomic E-state index is 0.336. The topological polar surface area (TPSA) is 113 Å². The number of hydrogen-bond donors (Lipinski definition) is 0. The summed E-state index contributed by atoms with van der Waals surface area (Å²) in [7, 11) is 1.19. The summed E-state index contributed by atoms with van der Waals surface area (Å²) in [6.45, 7) is 1.55. The molecule has 0 bridgehead atoms. The monoisotopic (exact) mass is 266 g/mol. The van der Waals surface area contributed by atoms with Crippen LogP contribution in [0.1, 0.15) is 11.1 Å². The van der Waals surface area contributed by atoms with Crippen molar-refractivity contribution in [1.29, 1.82) is 0 Å². The van der Waals surface area contributed by atoms with E-state index in [4.69, 9.17) is 0 Å². The number of esters is 1. The molecule has 1 rings (SSSR count). The third kappa shape index (κ3) is 3.35. The van der Waals surface area contributed by atoms with Crippen LogP contribution in [0, 0.1) is 27.2 Å². The van der Waals surface area contributed by atoms with Crippen LogP contribution in [0.25, 0.3) is 6.08 Å². The number of benzene rings is 1. The molecular weight excluding hydrogens is 256 g/mol. The van der Waals surface area contributed by atoms with Crippen LogP contribution in [0.2, 0.25) is 0 Å². The van der Waals surface area contributed by atoms with Crippen molar-refractivity contribution in [3.05, 3.63) is 49.6 Å². The standard InChI is InChI=1S/C11H10N2O6/c1-7-5-9(12(15)16)10(13(17)18)6-8(7)3-4-11(14)19-2/h3-6H,1-2H3/b4-3+. The van der Waals surface area contributed by atoms with Gasteiger partial charge in [0, 0.05) is 18.2 Å². The maximum Gasteiger partial charge on any atom is 0.346 e. The highest BCUT2D eigenvalue weighted by molar-refractivity contribution is 5.87. The van der Waals surface area contributed by atoms with E-state index in [2.05, 4.69) is 4.74 Å². The van der Waals surface area contributed by atoms with E-state index in [-0.39, 0.29) is 0 Å². The Hall–Kier alpha value is -2.77. The molecule has 0 amide bonds. The molecule has 8 heteroatoms. The zero-order valence-corrected chi connectivity index (χ0v) is 10.2.